The van der Waals surface area contributed by atoms with Gasteiger partial charge in [0, 0.05) is 6.54 Å². The number of nitrogens with one attached hydrogen (secondary N) is 1. The summed E-state index contributed by atoms with van der Waals surface area (Å²) >= 11 is 5.24. The van der Waals surface area contributed by atoms with Gasteiger partial charge in [0.1, 0.15) is 0 Å². The number of thiocarbonyl (C=S) groups is 1. The van der Waals surface area contributed by atoms with Gasteiger partial charge >= 0.3 is 0 Å². The van der Waals surface area contributed by atoms with Crippen LogP contribution >= 0.6 is 12.2 Å². The molecule has 16 heavy (non-hydrogen) atoms. The van der Waals surface area contributed by atoms with Crippen LogP contribution in [0.2, 0.25) is 0 Å². The van der Waals surface area contributed by atoms with E-state index in [1.807, 2.05) is 0 Å². The number of unbranched alkanes of at least 4 members (excludes halogenated alkanes) is 2. The van der Waals surface area contributed by atoms with Gasteiger partial charge in [0.25, 0.3) is 0 Å². The van der Waals surface area contributed by atoms with Crippen molar-refractivity contribution >= 4 is 27.2 Å². The minimum absolute atomic E-state index is 0.0270. The Morgan fingerprint density at radius 3 is 2.88 bits per heavy atom. The largest absolute Gasteiger partial charge is 0.357 e. The van der Waals surface area contributed by atoms with Gasteiger partial charge in [-0.15, -0.1) is 0 Å². The zero-order valence-corrected chi connectivity index (χ0v) is 11.1. The van der Waals surface area contributed by atoms with E-state index in [0.717, 1.165) is 18.1 Å². The fraction of sp³-hybridized carbons (Fsp3) is 0.900. The summed E-state index contributed by atoms with van der Waals surface area (Å²) in [5.74, 6) is 0.499. The van der Waals surface area contributed by atoms with Gasteiger partial charge in [-0.05, 0) is 18.6 Å². The van der Waals surface area contributed by atoms with Crippen LogP contribution in [0.3, 0.4) is 0 Å². The van der Waals surface area contributed by atoms with E-state index in [9.17, 15) is 8.42 Å². The molecule has 2 heterocycles. The van der Waals surface area contributed by atoms with Gasteiger partial charge < -0.3 is 10.2 Å². The fourth-order valence-corrected chi connectivity index (χ4v) is 4.77. The lowest BCUT2D eigenvalue weighted by atomic mass is 10.1. The van der Waals surface area contributed by atoms with E-state index < -0.39 is 9.84 Å². The SMILES string of the molecule is CCCCCN1C(=S)N[C@@H]2CS(=O)(=O)C[C@H]21. The Balaban J connectivity index is 1.99. The molecule has 1 N–H and O–H groups in total. The standard InChI is InChI=1S/C10H18N2O2S2/c1-2-3-4-5-12-9-7-16(13,14)6-8(9)11-10(12)15/h8-9H,2-7H2,1H3,(H,11,15)/t8-,9-/m1/s1. The maximum Gasteiger partial charge on any atom is 0.169 e. The van der Waals surface area contributed by atoms with Crippen LogP contribution < -0.4 is 5.32 Å². The smallest absolute Gasteiger partial charge is 0.169 e. The van der Waals surface area contributed by atoms with Crippen LogP contribution in [0, 0.1) is 0 Å². The van der Waals surface area contributed by atoms with E-state index in [4.69, 9.17) is 12.2 Å². The summed E-state index contributed by atoms with van der Waals surface area (Å²) in [5.41, 5.74) is 0. The first-order chi connectivity index (χ1) is 7.53. The lowest BCUT2D eigenvalue weighted by Gasteiger charge is -2.22. The second-order valence-electron chi connectivity index (χ2n) is 4.60. The number of hydrogen-bond acceptors (Lipinski definition) is 3. The quantitative estimate of drug-likeness (QED) is 0.592. The Labute approximate surface area is 102 Å². The summed E-state index contributed by atoms with van der Waals surface area (Å²) in [5, 5.41) is 3.86. The van der Waals surface area contributed by atoms with E-state index in [1.165, 1.54) is 12.8 Å². The van der Waals surface area contributed by atoms with Gasteiger partial charge in [0.15, 0.2) is 14.9 Å². The molecule has 6 heteroatoms. The highest BCUT2D eigenvalue weighted by atomic mass is 32.2. The molecule has 0 radical (unpaired) electrons. The van der Waals surface area contributed by atoms with E-state index in [0.29, 0.717) is 0 Å². The van der Waals surface area contributed by atoms with Crippen LogP contribution in [-0.4, -0.2) is 48.6 Å². The van der Waals surface area contributed by atoms with Crippen LogP contribution in [0.25, 0.3) is 0 Å². The molecule has 0 bridgehead atoms. The molecule has 2 fully saturated rings. The summed E-state index contributed by atoms with van der Waals surface area (Å²) in [6.07, 6.45) is 3.42. The molecule has 2 aliphatic heterocycles. The molecule has 0 unspecified atom stereocenters. The predicted molar refractivity (Wildman–Crippen MR) is 68.2 cm³/mol. The third kappa shape index (κ3) is 2.32. The third-order valence-corrected chi connectivity index (χ3v) is 5.36. The van der Waals surface area contributed by atoms with E-state index >= 15 is 0 Å². The van der Waals surface area contributed by atoms with Crippen molar-refractivity contribution in [2.75, 3.05) is 18.1 Å². The Morgan fingerprint density at radius 1 is 1.44 bits per heavy atom. The predicted octanol–water partition coefficient (Wildman–Crippen LogP) is 0.532. The van der Waals surface area contributed by atoms with Crippen LogP contribution in [0.1, 0.15) is 26.2 Å². The molecule has 0 saturated carbocycles. The number of nitrogens with zero attached hydrogens (tertiary/aromatic N) is 1. The van der Waals surface area contributed by atoms with Crippen LogP contribution in [0.4, 0.5) is 0 Å². The summed E-state index contributed by atoms with van der Waals surface area (Å²) in [4.78, 5) is 2.07. The average molecular weight is 262 g/mol. The highest BCUT2D eigenvalue weighted by Gasteiger charge is 2.46. The first-order valence-corrected chi connectivity index (χ1v) is 8.04. The highest BCUT2D eigenvalue weighted by molar-refractivity contribution is 7.91. The monoisotopic (exact) mass is 262 g/mol. The molecule has 0 aromatic heterocycles. The van der Waals surface area contributed by atoms with Gasteiger partial charge in [0.05, 0.1) is 23.6 Å². The minimum Gasteiger partial charge on any atom is -0.357 e. The lowest BCUT2D eigenvalue weighted by Crippen LogP contribution is -2.37. The van der Waals surface area contributed by atoms with Crippen molar-refractivity contribution in [2.45, 2.75) is 38.3 Å². The lowest BCUT2D eigenvalue weighted by molar-refractivity contribution is 0.346. The topological polar surface area (TPSA) is 49.4 Å². The van der Waals surface area contributed by atoms with Crippen molar-refractivity contribution < 1.29 is 8.42 Å². The van der Waals surface area contributed by atoms with Crippen molar-refractivity contribution in [3.8, 4) is 0 Å². The molecule has 0 aliphatic carbocycles. The zero-order valence-electron chi connectivity index (χ0n) is 9.48. The molecule has 0 aromatic rings. The Hall–Kier alpha value is -0.360. The van der Waals surface area contributed by atoms with E-state index in [1.54, 1.807) is 0 Å². The van der Waals surface area contributed by atoms with Crippen LogP contribution in [-0.2, 0) is 9.84 Å². The number of hydrogen-bond donors (Lipinski definition) is 1. The second kappa shape index (κ2) is 4.49. The maximum atomic E-state index is 11.5. The van der Waals surface area contributed by atoms with Gasteiger partial charge in [-0.3, -0.25) is 0 Å². The second-order valence-corrected chi connectivity index (χ2v) is 7.14. The molecule has 0 aromatic carbocycles. The van der Waals surface area contributed by atoms with Gasteiger partial charge in [-0.2, -0.15) is 0 Å². The van der Waals surface area contributed by atoms with Gasteiger partial charge in [-0.25, -0.2) is 8.42 Å². The van der Waals surface area contributed by atoms with Crippen molar-refractivity contribution in [1.29, 1.82) is 0 Å². The number of fused-ring (bicyclic) bond motifs is 1. The summed E-state index contributed by atoms with van der Waals surface area (Å²) < 4.78 is 23.0. The molecule has 2 atom stereocenters. The summed E-state index contributed by atoms with van der Waals surface area (Å²) in [6.45, 7) is 3.04. The Bertz CT molecular complexity index is 380. The summed E-state index contributed by atoms with van der Waals surface area (Å²) in [7, 11) is -2.86. The maximum absolute atomic E-state index is 11.5. The van der Waals surface area contributed by atoms with Crippen molar-refractivity contribution in [3.63, 3.8) is 0 Å². The molecule has 0 amide bonds. The van der Waals surface area contributed by atoms with Crippen molar-refractivity contribution in [1.82, 2.24) is 10.2 Å². The van der Waals surface area contributed by atoms with Gasteiger partial charge in [0.2, 0.25) is 0 Å². The Morgan fingerprint density at radius 2 is 2.19 bits per heavy atom. The van der Waals surface area contributed by atoms with Crippen LogP contribution in [0.5, 0.6) is 0 Å². The van der Waals surface area contributed by atoms with E-state index in [2.05, 4.69) is 17.1 Å². The molecule has 2 saturated heterocycles. The van der Waals surface area contributed by atoms with Gasteiger partial charge in [-0.1, -0.05) is 19.8 Å². The normalized spacial score (nSPS) is 31.6. The van der Waals surface area contributed by atoms with Crippen molar-refractivity contribution in [3.05, 3.63) is 0 Å². The Kier molecular flexibility index (Phi) is 3.39. The minimum atomic E-state index is -2.86. The molecular formula is C10H18N2O2S2. The van der Waals surface area contributed by atoms with Crippen LogP contribution in [0.15, 0.2) is 0 Å². The number of rotatable bonds is 4. The van der Waals surface area contributed by atoms with Crippen molar-refractivity contribution in [2.24, 2.45) is 0 Å². The molecule has 92 valence electrons. The average Bonchev–Trinajstić information content (AvgIpc) is 2.60. The third-order valence-electron chi connectivity index (χ3n) is 3.30. The molecule has 4 nitrogen and oxygen atoms in total. The fourth-order valence-electron chi connectivity index (χ4n) is 2.47. The summed E-state index contributed by atoms with van der Waals surface area (Å²) in [6, 6.07) is 0.105. The molecule has 2 rings (SSSR count). The zero-order chi connectivity index (χ0) is 11.8. The molecule has 2 aliphatic rings. The molecular weight excluding hydrogens is 244 g/mol. The highest BCUT2D eigenvalue weighted by Crippen LogP contribution is 2.24. The first kappa shape index (κ1) is 12.1. The number of sulfone groups is 1. The first-order valence-electron chi connectivity index (χ1n) is 5.81. The van der Waals surface area contributed by atoms with E-state index in [-0.39, 0.29) is 23.6 Å². The molecule has 0 spiro atoms.